The van der Waals surface area contributed by atoms with Crippen molar-refractivity contribution >= 4 is 57.2 Å². The molecule has 3 rings (SSSR count). The van der Waals surface area contributed by atoms with E-state index < -0.39 is 11.9 Å². The van der Waals surface area contributed by atoms with Gasteiger partial charge in [-0.25, -0.2) is 4.79 Å². The Balaban J connectivity index is 1.75. The van der Waals surface area contributed by atoms with Crippen LogP contribution in [0.25, 0.3) is 10.7 Å². The first-order valence-corrected chi connectivity index (χ1v) is 12.1. The number of aromatic nitrogens is 3. The maximum Gasteiger partial charge on any atom is 0.341 e. The van der Waals surface area contributed by atoms with Crippen molar-refractivity contribution in [3.8, 4) is 10.7 Å². The summed E-state index contributed by atoms with van der Waals surface area (Å²) in [4.78, 5) is 37.8. The predicted molar refractivity (Wildman–Crippen MR) is 122 cm³/mol. The van der Waals surface area contributed by atoms with Crippen molar-refractivity contribution in [2.24, 2.45) is 5.73 Å². The van der Waals surface area contributed by atoms with E-state index in [2.05, 4.69) is 15.5 Å². The Morgan fingerprint density at radius 1 is 1.29 bits per heavy atom. The van der Waals surface area contributed by atoms with E-state index >= 15 is 0 Å². The number of amides is 2. The van der Waals surface area contributed by atoms with Gasteiger partial charge in [-0.15, -0.1) is 32.9 Å². The van der Waals surface area contributed by atoms with Crippen LogP contribution in [0.4, 0.5) is 5.00 Å². The summed E-state index contributed by atoms with van der Waals surface area (Å²) >= 11 is 3.76. The molecule has 0 saturated carbocycles. The molecule has 3 N–H and O–H groups in total. The van der Waals surface area contributed by atoms with Gasteiger partial charge in [0.15, 0.2) is 11.0 Å². The molecule has 0 aliphatic heterocycles. The van der Waals surface area contributed by atoms with Crippen molar-refractivity contribution in [2.75, 3.05) is 17.7 Å². The Labute approximate surface area is 191 Å². The fourth-order valence-corrected chi connectivity index (χ4v) is 5.43. The molecule has 0 spiro atoms. The molecule has 31 heavy (non-hydrogen) atoms. The van der Waals surface area contributed by atoms with Crippen molar-refractivity contribution < 1.29 is 19.1 Å². The van der Waals surface area contributed by atoms with Crippen LogP contribution in [0.1, 0.15) is 39.4 Å². The lowest BCUT2D eigenvalue weighted by Crippen LogP contribution is -2.17. The first kappa shape index (κ1) is 23.0. The number of thioether (sulfide) groups is 1. The van der Waals surface area contributed by atoms with E-state index in [-0.39, 0.29) is 33.7 Å². The van der Waals surface area contributed by atoms with Gasteiger partial charge in [0.05, 0.1) is 27.7 Å². The second-order valence-corrected chi connectivity index (χ2v) is 9.12. The highest BCUT2D eigenvalue weighted by molar-refractivity contribution is 7.99. The normalized spacial score (nSPS) is 10.8. The molecule has 0 radical (unpaired) electrons. The highest BCUT2D eigenvalue weighted by Gasteiger charge is 2.26. The Morgan fingerprint density at radius 3 is 2.68 bits per heavy atom. The molecule has 2 amide bonds. The summed E-state index contributed by atoms with van der Waals surface area (Å²) < 4.78 is 7.00. The van der Waals surface area contributed by atoms with Gasteiger partial charge in [0.1, 0.15) is 5.00 Å². The van der Waals surface area contributed by atoms with Crippen molar-refractivity contribution in [1.82, 2.24) is 14.8 Å². The standard InChI is InChI=1S/C19H21N5O4S3/c1-4-24-16(11-7-6-8-29-11)22-23-19(24)30-9-12(25)21-17-13(18(27)28-5-2)10(3)14(31-17)15(20)26/h6-8H,4-5,9H2,1-3H3,(H2,20,26)(H,21,25). The van der Waals surface area contributed by atoms with Crippen LogP contribution in [-0.2, 0) is 16.1 Å². The Kier molecular flexibility index (Phi) is 7.46. The van der Waals surface area contributed by atoms with E-state index in [1.54, 1.807) is 25.2 Å². The first-order valence-electron chi connectivity index (χ1n) is 9.37. The fourth-order valence-electron chi connectivity index (χ4n) is 2.85. The molecule has 164 valence electrons. The molecule has 9 nitrogen and oxygen atoms in total. The fraction of sp³-hybridized carbons (Fsp3) is 0.316. The predicted octanol–water partition coefficient (Wildman–Crippen LogP) is 3.40. The summed E-state index contributed by atoms with van der Waals surface area (Å²) in [5, 5.41) is 14.0. The van der Waals surface area contributed by atoms with Gasteiger partial charge in [-0.2, -0.15) is 0 Å². The van der Waals surface area contributed by atoms with Crippen molar-refractivity contribution in [3.63, 3.8) is 0 Å². The zero-order chi connectivity index (χ0) is 22.5. The lowest BCUT2D eigenvalue weighted by molar-refractivity contribution is -0.113. The smallest absolute Gasteiger partial charge is 0.341 e. The third kappa shape index (κ3) is 4.97. The molecule has 3 heterocycles. The largest absolute Gasteiger partial charge is 0.462 e. The maximum atomic E-state index is 12.6. The monoisotopic (exact) mass is 479 g/mol. The second-order valence-electron chi connectivity index (χ2n) is 6.21. The number of anilines is 1. The zero-order valence-corrected chi connectivity index (χ0v) is 19.6. The highest BCUT2D eigenvalue weighted by Crippen LogP contribution is 2.34. The second kappa shape index (κ2) is 10.1. The van der Waals surface area contributed by atoms with Crippen molar-refractivity contribution in [1.29, 1.82) is 0 Å². The number of nitrogens with two attached hydrogens (primary N) is 1. The molecule has 3 aromatic heterocycles. The number of carbonyl (C=O) groups excluding carboxylic acids is 3. The first-order chi connectivity index (χ1) is 14.9. The van der Waals surface area contributed by atoms with E-state index in [9.17, 15) is 14.4 Å². The average molecular weight is 480 g/mol. The summed E-state index contributed by atoms with van der Waals surface area (Å²) in [7, 11) is 0. The number of esters is 1. The highest BCUT2D eigenvalue weighted by atomic mass is 32.2. The molecule has 0 aliphatic carbocycles. The molecule has 0 unspecified atom stereocenters. The van der Waals surface area contributed by atoms with Crippen molar-refractivity contribution in [2.45, 2.75) is 32.5 Å². The number of primary amides is 1. The quantitative estimate of drug-likeness (QED) is 0.355. The minimum atomic E-state index is -0.667. The van der Waals surface area contributed by atoms with Gasteiger partial charge < -0.3 is 20.4 Å². The average Bonchev–Trinajstić information content (AvgIpc) is 3.44. The lowest BCUT2D eigenvalue weighted by atomic mass is 10.1. The number of thiophene rings is 2. The molecule has 12 heteroatoms. The molecular weight excluding hydrogens is 458 g/mol. The molecule has 0 aliphatic rings. The summed E-state index contributed by atoms with van der Waals surface area (Å²) in [5.74, 6) is -0.826. The van der Waals surface area contributed by atoms with Crippen molar-refractivity contribution in [3.05, 3.63) is 33.5 Å². The van der Waals surface area contributed by atoms with Gasteiger partial charge in [-0.1, -0.05) is 17.8 Å². The van der Waals surface area contributed by atoms with Gasteiger partial charge in [0, 0.05) is 6.54 Å². The van der Waals surface area contributed by atoms with E-state index in [1.807, 2.05) is 29.0 Å². The van der Waals surface area contributed by atoms with Crippen LogP contribution in [-0.4, -0.2) is 44.9 Å². The van der Waals surface area contributed by atoms with Crippen LogP contribution in [0.2, 0.25) is 0 Å². The van der Waals surface area contributed by atoms with Gasteiger partial charge in [0.2, 0.25) is 5.91 Å². The van der Waals surface area contributed by atoms with Crippen LogP contribution in [0.3, 0.4) is 0 Å². The van der Waals surface area contributed by atoms with E-state index in [1.165, 1.54) is 11.8 Å². The number of rotatable bonds is 9. The van der Waals surface area contributed by atoms with Gasteiger partial charge in [-0.3, -0.25) is 9.59 Å². The Hall–Kier alpha value is -2.70. The summed E-state index contributed by atoms with van der Waals surface area (Å²) in [5.41, 5.74) is 5.94. The third-order valence-electron chi connectivity index (χ3n) is 4.21. The van der Waals surface area contributed by atoms with E-state index in [0.29, 0.717) is 17.3 Å². The molecule has 3 aromatic rings. The molecular formula is C19H21N5O4S3. The molecule has 0 saturated heterocycles. The molecule has 0 fully saturated rings. The van der Waals surface area contributed by atoms with E-state index in [4.69, 9.17) is 10.5 Å². The summed E-state index contributed by atoms with van der Waals surface area (Å²) in [6.45, 7) is 6.09. The van der Waals surface area contributed by atoms with Gasteiger partial charge >= 0.3 is 5.97 Å². The SMILES string of the molecule is CCOC(=O)c1c(NC(=O)CSc2nnc(-c3cccs3)n2CC)sc(C(N)=O)c1C. The van der Waals surface area contributed by atoms with Crippen LogP contribution in [0, 0.1) is 6.92 Å². The Morgan fingerprint density at radius 2 is 2.06 bits per heavy atom. The lowest BCUT2D eigenvalue weighted by Gasteiger charge is -2.08. The van der Waals surface area contributed by atoms with Crippen LogP contribution >= 0.6 is 34.4 Å². The summed E-state index contributed by atoms with van der Waals surface area (Å²) in [6, 6.07) is 3.91. The van der Waals surface area contributed by atoms with Crippen LogP contribution in [0.15, 0.2) is 22.7 Å². The zero-order valence-electron chi connectivity index (χ0n) is 17.1. The van der Waals surface area contributed by atoms with Crippen LogP contribution in [0.5, 0.6) is 0 Å². The number of nitrogens with one attached hydrogen (secondary N) is 1. The Bertz CT molecular complexity index is 1100. The molecule has 0 bridgehead atoms. The van der Waals surface area contributed by atoms with Gasteiger partial charge in [0.25, 0.3) is 5.91 Å². The number of carbonyl (C=O) groups is 3. The third-order valence-corrected chi connectivity index (χ3v) is 7.26. The van der Waals surface area contributed by atoms with Crippen LogP contribution < -0.4 is 11.1 Å². The number of hydrogen-bond acceptors (Lipinski definition) is 9. The topological polar surface area (TPSA) is 129 Å². The maximum absolute atomic E-state index is 12.6. The molecule has 0 atom stereocenters. The van der Waals surface area contributed by atoms with Gasteiger partial charge in [-0.05, 0) is 37.8 Å². The minimum Gasteiger partial charge on any atom is -0.462 e. The summed E-state index contributed by atoms with van der Waals surface area (Å²) in [6.07, 6.45) is 0. The van der Waals surface area contributed by atoms with E-state index in [0.717, 1.165) is 22.0 Å². The number of hydrogen-bond donors (Lipinski definition) is 2. The number of nitrogens with zero attached hydrogens (tertiary/aromatic N) is 3. The minimum absolute atomic E-state index is 0.0493. The molecule has 0 aromatic carbocycles. The number of ether oxygens (including phenoxy) is 1.